The molecule has 0 bridgehead atoms. The second kappa shape index (κ2) is 4.56. The average Bonchev–Trinajstić information content (AvgIpc) is 2.30. The molecule has 0 saturated carbocycles. The zero-order valence-corrected chi connectivity index (χ0v) is 9.54. The van der Waals surface area contributed by atoms with Crippen LogP contribution >= 0.6 is 0 Å². The SMILES string of the molecule is Cc1cc(F)ccc1-c1ccc(F)c(C(=O)[O-])c1. The minimum Gasteiger partial charge on any atom is -0.545 e. The van der Waals surface area contributed by atoms with Crippen LogP contribution in [0.25, 0.3) is 11.1 Å². The van der Waals surface area contributed by atoms with Crippen LogP contribution in [0.1, 0.15) is 15.9 Å². The summed E-state index contributed by atoms with van der Waals surface area (Å²) >= 11 is 0. The van der Waals surface area contributed by atoms with E-state index in [1.807, 2.05) is 0 Å². The molecule has 2 aromatic rings. The van der Waals surface area contributed by atoms with Crippen LogP contribution in [0.3, 0.4) is 0 Å². The van der Waals surface area contributed by atoms with Crippen LogP contribution < -0.4 is 5.11 Å². The lowest BCUT2D eigenvalue weighted by atomic mass is 9.98. The number of aromatic carboxylic acids is 1. The summed E-state index contributed by atoms with van der Waals surface area (Å²) in [5, 5.41) is 10.7. The first-order valence-electron chi connectivity index (χ1n) is 5.26. The molecule has 0 unspecified atom stereocenters. The minimum atomic E-state index is -1.57. The molecule has 0 saturated heterocycles. The summed E-state index contributed by atoms with van der Waals surface area (Å²) in [6, 6.07) is 7.81. The highest BCUT2D eigenvalue weighted by Gasteiger charge is 2.08. The molecule has 0 fully saturated rings. The number of benzene rings is 2. The molecule has 0 heterocycles. The van der Waals surface area contributed by atoms with Crippen molar-refractivity contribution in [1.82, 2.24) is 0 Å². The fourth-order valence-electron chi connectivity index (χ4n) is 1.80. The number of carboxylic acids is 1. The second-order valence-electron chi connectivity index (χ2n) is 3.94. The number of carbonyl (C=O) groups excluding carboxylic acids is 1. The van der Waals surface area contributed by atoms with Gasteiger partial charge in [-0.3, -0.25) is 0 Å². The number of hydrogen-bond acceptors (Lipinski definition) is 2. The first kappa shape index (κ1) is 12.2. The van der Waals surface area contributed by atoms with E-state index in [2.05, 4.69) is 0 Å². The van der Waals surface area contributed by atoms with E-state index >= 15 is 0 Å². The monoisotopic (exact) mass is 247 g/mol. The van der Waals surface area contributed by atoms with Gasteiger partial charge >= 0.3 is 0 Å². The van der Waals surface area contributed by atoms with Gasteiger partial charge in [-0.2, -0.15) is 0 Å². The van der Waals surface area contributed by atoms with E-state index in [4.69, 9.17) is 0 Å². The zero-order valence-electron chi connectivity index (χ0n) is 9.54. The molecule has 18 heavy (non-hydrogen) atoms. The van der Waals surface area contributed by atoms with Gasteiger partial charge in [-0.1, -0.05) is 12.1 Å². The van der Waals surface area contributed by atoms with E-state index in [9.17, 15) is 18.7 Å². The molecule has 2 nitrogen and oxygen atoms in total. The van der Waals surface area contributed by atoms with Crippen molar-refractivity contribution in [1.29, 1.82) is 0 Å². The average molecular weight is 247 g/mol. The van der Waals surface area contributed by atoms with Gasteiger partial charge in [0.05, 0.1) is 5.97 Å². The summed E-state index contributed by atoms with van der Waals surface area (Å²) in [7, 11) is 0. The summed E-state index contributed by atoms with van der Waals surface area (Å²) in [6.07, 6.45) is 0. The standard InChI is InChI=1S/C14H10F2O2/c1-8-6-10(15)3-4-11(8)9-2-5-13(16)12(7-9)14(17)18/h2-7H,1H3,(H,17,18)/p-1. The Morgan fingerprint density at radius 2 is 1.83 bits per heavy atom. The molecular weight excluding hydrogens is 238 g/mol. The van der Waals surface area contributed by atoms with Crippen molar-refractivity contribution in [3.8, 4) is 11.1 Å². The molecule has 0 radical (unpaired) electrons. The summed E-state index contributed by atoms with van der Waals surface area (Å²) in [6.45, 7) is 1.69. The van der Waals surface area contributed by atoms with Crippen molar-refractivity contribution < 1.29 is 18.7 Å². The smallest absolute Gasteiger partial charge is 0.132 e. The number of rotatable bonds is 2. The van der Waals surface area contributed by atoms with Gasteiger partial charge in [0.1, 0.15) is 11.6 Å². The molecular formula is C14H9F2O2-. The summed E-state index contributed by atoms with van der Waals surface area (Å²) in [5.74, 6) is -2.80. The zero-order chi connectivity index (χ0) is 13.3. The maximum Gasteiger partial charge on any atom is 0.132 e. The molecule has 0 aromatic heterocycles. The number of carboxylic acid groups (broad SMARTS) is 1. The second-order valence-corrected chi connectivity index (χ2v) is 3.94. The molecule has 2 rings (SSSR count). The third-order valence-electron chi connectivity index (χ3n) is 2.69. The minimum absolute atomic E-state index is 0.376. The van der Waals surface area contributed by atoms with Crippen LogP contribution in [-0.4, -0.2) is 5.97 Å². The fourth-order valence-corrected chi connectivity index (χ4v) is 1.80. The molecule has 92 valence electrons. The Labute approximate surface area is 103 Å². The predicted octanol–water partition coefficient (Wildman–Crippen LogP) is 2.30. The normalized spacial score (nSPS) is 10.4. The highest BCUT2D eigenvalue weighted by molar-refractivity contribution is 5.88. The molecule has 0 aliphatic carbocycles. The van der Waals surface area contributed by atoms with Gasteiger partial charge in [-0.25, -0.2) is 8.78 Å². The lowest BCUT2D eigenvalue weighted by Gasteiger charge is -2.10. The van der Waals surface area contributed by atoms with Gasteiger partial charge in [0.15, 0.2) is 0 Å². The molecule has 2 aromatic carbocycles. The van der Waals surface area contributed by atoms with Gasteiger partial charge in [0.2, 0.25) is 0 Å². The van der Waals surface area contributed by atoms with Crippen LogP contribution in [0.5, 0.6) is 0 Å². The van der Waals surface area contributed by atoms with Crippen LogP contribution in [0.2, 0.25) is 0 Å². The van der Waals surface area contributed by atoms with E-state index in [0.29, 0.717) is 16.7 Å². The molecule has 0 atom stereocenters. The Morgan fingerprint density at radius 1 is 1.11 bits per heavy atom. The summed E-state index contributed by atoms with van der Waals surface area (Å²) in [5.41, 5.74) is 1.30. The molecule has 0 amide bonds. The number of hydrogen-bond donors (Lipinski definition) is 0. The first-order chi connectivity index (χ1) is 8.49. The van der Waals surface area contributed by atoms with E-state index in [0.717, 1.165) is 6.07 Å². The topological polar surface area (TPSA) is 40.1 Å². The predicted molar refractivity (Wildman–Crippen MR) is 60.9 cm³/mol. The lowest BCUT2D eigenvalue weighted by Crippen LogP contribution is -2.23. The maximum absolute atomic E-state index is 13.2. The van der Waals surface area contributed by atoms with Crippen molar-refractivity contribution in [3.63, 3.8) is 0 Å². The van der Waals surface area contributed by atoms with E-state index in [1.165, 1.54) is 30.3 Å². The first-order valence-corrected chi connectivity index (χ1v) is 5.26. The van der Waals surface area contributed by atoms with Gasteiger partial charge in [-0.05, 0) is 47.9 Å². The van der Waals surface area contributed by atoms with E-state index < -0.39 is 17.3 Å². The van der Waals surface area contributed by atoms with Gasteiger partial charge in [-0.15, -0.1) is 0 Å². The van der Waals surface area contributed by atoms with Crippen LogP contribution in [-0.2, 0) is 0 Å². The Bertz CT molecular complexity index is 621. The molecule has 0 N–H and O–H groups in total. The summed E-state index contributed by atoms with van der Waals surface area (Å²) < 4.78 is 26.2. The van der Waals surface area contributed by atoms with Gasteiger partial charge in [0, 0.05) is 5.56 Å². The van der Waals surface area contributed by atoms with Crippen LogP contribution in [0, 0.1) is 18.6 Å². The van der Waals surface area contributed by atoms with Crippen molar-refractivity contribution in [2.75, 3.05) is 0 Å². The fraction of sp³-hybridized carbons (Fsp3) is 0.0714. The molecule has 4 heteroatoms. The lowest BCUT2D eigenvalue weighted by molar-refractivity contribution is -0.255. The third kappa shape index (κ3) is 2.22. The molecule has 0 aliphatic rings. The Hall–Kier alpha value is -2.23. The Morgan fingerprint density at radius 3 is 2.44 bits per heavy atom. The molecule has 0 aliphatic heterocycles. The Balaban J connectivity index is 2.58. The van der Waals surface area contributed by atoms with Crippen molar-refractivity contribution in [3.05, 3.63) is 59.2 Å². The third-order valence-corrected chi connectivity index (χ3v) is 2.69. The maximum atomic E-state index is 13.2. The number of carbonyl (C=O) groups is 1. The largest absolute Gasteiger partial charge is 0.545 e. The van der Waals surface area contributed by atoms with E-state index in [1.54, 1.807) is 6.92 Å². The van der Waals surface area contributed by atoms with Crippen molar-refractivity contribution in [2.45, 2.75) is 6.92 Å². The van der Waals surface area contributed by atoms with Gasteiger partial charge in [0.25, 0.3) is 0 Å². The van der Waals surface area contributed by atoms with Crippen LogP contribution in [0.4, 0.5) is 8.78 Å². The van der Waals surface area contributed by atoms with E-state index in [-0.39, 0.29) is 5.82 Å². The van der Waals surface area contributed by atoms with Crippen molar-refractivity contribution in [2.24, 2.45) is 0 Å². The quantitative estimate of drug-likeness (QED) is 0.817. The number of halogens is 2. The number of aryl methyl sites for hydroxylation is 1. The Kier molecular flexibility index (Phi) is 3.10. The summed E-state index contributed by atoms with van der Waals surface area (Å²) in [4.78, 5) is 10.7. The van der Waals surface area contributed by atoms with Crippen molar-refractivity contribution >= 4 is 5.97 Å². The van der Waals surface area contributed by atoms with Crippen LogP contribution in [0.15, 0.2) is 36.4 Å². The highest BCUT2D eigenvalue weighted by Crippen LogP contribution is 2.25. The highest BCUT2D eigenvalue weighted by atomic mass is 19.1. The molecule has 0 spiro atoms. The van der Waals surface area contributed by atoms with Gasteiger partial charge < -0.3 is 9.90 Å².